The zero-order valence-corrected chi connectivity index (χ0v) is 7.84. The minimum atomic E-state index is 0.0829. The molecule has 2 amide bonds. The molecule has 0 aromatic heterocycles. The van der Waals surface area contributed by atoms with Crippen LogP contribution in [-0.4, -0.2) is 55.6 Å². The van der Waals surface area contributed by atoms with E-state index in [-0.39, 0.29) is 6.03 Å². The zero-order chi connectivity index (χ0) is 8.97. The lowest BCUT2D eigenvalue weighted by Gasteiger charge is -2.19. The molecule has 1 saturated heterocycles. The molecule has 4 nitrogen and oxygen atoms in total. The largest absolute Gasteiger partial charge is 0.336 e. The van der Waals surface area contributed by atoms with Gasteiger partial charge in [-0.2, -0.15) is 0 Å². The van der Waals surface area contributed by atoms with Crippen molar-refractivity contribution in [1.29, 1.82) is 0 Å². The van der Waals surface area contributed by atoms with Crippen LogP contribution >= 0.6 is 0 Å². The topological polar surface area (TPSA) is 35.6 Å². The maximum atomic E-state index is 11.1. The lowest BCUT2D eigenvalue weighted by atomic mass is 10.5. The van der Waals surface area contributed by atoms with Gasteiger partial charge in [-0.3, -0.25) is 0 Å². The molecular weight excluding hydrogens is 154 g/mol. The van der Waals surface area contributed by atoms with Crippen molar-refractivity contribution in [3.8, 4) is 0 Å². The number of urea groups is 1. The van der Waals surface area contributed by atoms with E-state index < -0.39 is 0 Å². The number of nitrogens with one attached hydrogen (secondary N) is 1. The Morgan fingerprint density at radius 1 is 1.67 bits per heavy atom. The van der Waals surface area contributed by atoms with Crippen molar-refractivity contribution in [2.45, 2.75) is 6.92 Å². The highest BCUT2D eigenvalue weighted by molar-refractivity contribution is 5.76. The van der Waals surface area contributed by atoms with Gasteiger partial charge in [-0.15, -0.1) is 0 Å². The fourth-order valence-corrected chi connectivity index (χ4v) is 1.17. The normalized spacial score (nSPS) is 17.2. The van der Waals surface area contributed by atoms with Crippen molar-refractivity contribution in [1.82, 2.24) is 15.1 Å². The molecule has 0 atom stereocenters. The van der Waals surface area contributed by atoms with Crippen molar-refractivity contribution < 1.29 is 4.79 Å². The smallest absolute Gasteiger partial charge is 0.317 e. The Labute approximate surface area is 73.5 Å². The van der Waals surface area contributed by atoms with Gasteiger partial charge in [-0.1, -0.05) is 6.92 Å². The van der Waals surface area contributed by atoms with Crippen LogP contribution < -0.4 is 5.32 Å². The predicted octanol–water partition coefficient (Wildman–Crippen LogP) is -0.0367. The van der Waals surface area contributed by atoms with E-state index in [1.807, 2.05) is 4.90 Å². The van der Waals surface area contributed by atoms with Crippen molar-refractivity contribution >= 4 is 6.03 Å². The monoisotopic (exact) mass is 171 g/mol. The van der Waals surface area contributed by atoms with Gasteiger partial charge in [0.25, 0.3) is 0 Å². The maximum Gasteiger partial charge on any atom is 0.317 e. The highest BCUT2D eigenvalue weighted by atomic mass is 16.2. The van der Waals surface area contributed by atoms with Crippen LogP contribution in [0.5, 0.6) is 0 Å². The summed E-state index contributed by atoms with van der Waals surface area (Å²) in [5, 5.41) is 2.78. The molecule has 0 saturated carbocycles. The van der Waals surface area contributed by atoms with Crippen LogP contribution in [0, 0.1) is 0 Å². The highest BCUT2D eigenvalue weighted by Gasteiger charge is 2.18. The Bertz CT molecular complexity index is 160. The number of likely N-dealkylation sites (N-methyl/N-ethyl adjacent to an activating group) is 1. The summed E-state index contributed by atoms with van der Waals surface area (Å²) >= 11 is 0. The number of nitrogens with zero attached hydrogens (tertiary/aromatic N) is 2. The zero-order valence-electron chi connectivity index (χ0n) is 7.84. The summed E-state index contributed by atoms with van der Waals surface area (Å²) in [4.78, 5) is 15.1. The molecule has 0 bridgehead atoms. The molecule has 0 aromatic rings. The van der Waals surface area contributed by atoms with Crippen LogP contribution in [0.15, 0.2) is 0 Å². The number of hydrogen-bond acceptors (Lipinski definition) is 2. The number of carbonyl (C=O) groups is 1. The third-order valence-corrected chi connectivity index (χ3v) is 2.24. The lowest BCUT2D eigenvalue weighted by Crippen LogP contribution is -2.35. The average Bonchev–Trinajstić information content (AvgIpc) is 2.47. The summed E-state index contributed by atoms with van der Waals surface area (Å²) in [5.74, 6) is 0. The predicted molar refractivity (Wildman–Crippen MR) is 48.1 cm³/mol. The highest BCUT2D eigenvalue weighted by Crippen LogP contribution is 1.96. The molecule has 0 radical (unpaired) electrons. The van der Waals surface area contributed by atoms with Crippen LogP contribution in [0.4, 0.5) is 4.79 Å². The molecule has 4 heteroatoms. The molecule has 1 heterocycles. The van der Waals surface area contributed by atoms with E-state index in [4.69, 9.17) is 0 Å². The summed E-state index contributed by atoms with van der Waals surface area (Å²) in [5.41, 5.74) is 0. The molecular formula is C8H17N3O. The van der Waals surface area contributed by atoms with Gasteiger partial charge in [-0.25, -0.2) is 4.79 Å². The van der Waals surface area contributed by atoms with Crippen LogP contribution in [0.3, 0.4) is 0 Å². The van der Waals surface area contributed by atoms with Gasteiger partial charge < -0.3 is 15.1 Å². The summed E-state index contributed by atoms with van der Waals surface area (Å²) in [6, 6.07) is 0.0829. The third-order valence-electron chi connectivity index (χ3n) is 2.24. The molecule has 0 unspecified atom stereocenters. The summed E-state index contributed by atoms with van der Waals surface area (Å²) < 4.78 is 0. The molecule has 0 aliphatic carbocycles. The molecule has 1 fully saturated rings. The van der Waals surface area contributed by atoms with Gasteiger partial charge in [0.15, 0.2) is 0 Å². The molecule has 1 N–H and O–H groups in total. The Morgan fingerprint density at radius 3 is 2.92 bits per heavy atom. The minimum absolute atomic E-state index is 0.0829. The van der Waals surface area contributed by atoms with Crippen molar-refractivity contribution in [2.24, 2.45) is 0 Å². The fourth-order valence-electron chi connectivity index (χ4n) is 1.17. The summed E-state index contributed by atoms with van der Waals surface area (Å²) in [7, 11) is 2.06. The fraction of sp³-hybridized carbons (Fsp3) is 0.875. The molecule has 1 aliphatic heterocycles. The van der Waals surface area contributed by atoms with Gasteiger partial charge in [0.2, 0.25) is 0 Å². The van der Waals surface area contributed by atoms with Gasteiger partial charge in [0.1, 0.15) is 0 Å². The van der Waals surface area contributed by atoms with E-state index in [2.05, 4.69) is 24.2 Å². The Kier molecular flexibility index (Phi) is 3.34. The molecule has 0 spiro atoms. The Hall–Kier alpha value is -0.770. The van der Waals surface area contributed by atoms with E-state index in [1.165, 1.54) is 0 Å². The average molecular weight is 171 g/mol. The first-order valence-electron chi connectivity index (χ1n) is 4.45. The van der Waals surface area contributed by atoms with Gasteiger partial charge >= 0.3 is 6.03 Å². The molecule has 12 heavy (non-hydrogen) atoms. The minimum Gasteiger partial charge on any atom is -0.336 e. The number of hydrogen-bond donors (Lipinski definition) is 1. The van der Waals surface area contributed by atoms with E-state index in [0.29, 0.717) is 0 Å². The van der Waals surface area contributed by atoms with Crippen molar-refractivity contribution in [3.63, 3.8) is 0 Å². The second-order valence-corrected chi connectivity index (χ2v) is 3.11. The van der Waals surface area contributed by atoms with Crippen LogP contribution in [-0.2, 0) is 0 Å². The van der Waals surface area contributed by atoms with E-state index in [1.54, 1.807) is 0 Å². The van der Waals surface area contributed by atoms with Crippen LogP contribution in [0.1, 0.15) is 6.92 Å². The molecule has 0 aromatic carbocycles. The van der Waals surface area contributed by atoms with Crippen LogP contribution in [0.2, 0.25) is 0 Å². The second kappa shape index (κ2) is 4.30. The molecule has 1 rings (SSSR count). The van der Waals surface area contributed by atoms with Crippen molar-refractivity contribution in [3.05, 3.63) is 0 Å². The molecule has 70 valence electrons. The Balaban J connectivity index is 2.18. The van der Waals surface area contributed by atoms with Crippen LogP contribution in [0.25, 0.3) is 0 Å². The first-order valence-corrected chi connectivity index (χ1v) is 4.45. The van der Waals surface area contributed by atoms with E-state index in [0.717, 1.165) is 32.7 Å². The lowest BCUT2D eigenvalue weighted by molar-refractivity contribution is 0.209. The van der Waals surface area contributed by atoms with Gasteiger partial charge in [0, 0.05) is 26.2 Å². The Morgan fingerprint density at radius 2 is 2.42 bits per heavy atom. The maximum absolute atomic E-state index is 11.1. The second-order valence-electron chi connectivity index (χ2n) is 3.11. The summed E-state index contributed by atoms with van der Waals surface area (Å²) in [6.45, 7) is 6.62. The van der Waals surface area contributed by atoms with E-state index in [9.17, 15) is 4.79 Å². The standard InChI is InChI=1S/C8H17N3O/c1-3-10(2)6-7-11-5-4-9-8(11)12/h3-7H2,1-2H3,(H,9,12). The number of rotatable bonds is 4. The summed E-state index contributed by atoms with van der Waals surface area (Å²) in [6.07, 6.45) is 0. The number of amides is 2. The SMILES string of the molecule is CCN(C)CCN1CCNC1=O. The van der Waals surface area contributed by atoms with Gasteiger partial charge in [-0.05, 0) is 13.6 Å². The number of carbonyl (C=O) groups excluding carboxylic acids is 1. The molecule has 1 aliphatic rings. The third kappa shape index (κ3) is 2.37. The quantitative estimate of drug-likeness (QED) is 0.644. The first kappa shape index (κ1) is 9.32. The first-order chi connectivity index (χ1) is 5.74. The van der Waals surface area contributed by atoms with E-state index >= 15 is 0 Å². The van der Waals surface area contributed by atoms with Crippen molar-refractivity contribution in [2.75, 3.05) is 39.8 Å². The van der Waals surface area contributed by atoms with Gasteiger partial charge in [0.05, 0.1) is 0 Å².